The minimum Gasteiger partial charge on any atom is -0.190 e. The largest absolute Gasteiger partial charge is 0.217 e. The molecular formula is C5H5N3S. The van der Waals surface area contributed by atoms with Crippen molar-refractivity contribution in [2.45, 2.75) is 13.3 Å². The highest BCUT2D eigenvalue weighted by molar-refractivity contribution is 7.11. The van der Waals surface area contributed by atoms with Crippen LogP contribution in [0.4, 0.5) is 0 Å². The highest BCUT2D eigenvalue weighted by atomic mass is 32.1. The van der Waals surface area contributed by atoms with Crippen LogP contribution >= 0.6 is 11.3 Å². The Bertz CT molecular complexity index is 235. The van der Waals surface area contributed by atoms with Crippen LogP contribution in [-0.4, -0.2) is 10.2 Å². The van der Waals surface area contributed by atoms with Crippen molar-refractivity contribution in [3.63, 3.8) is 0 Å². The first-order chi connectivity index (χ1) is 4.36. The smallest absolute Gasteiger partial charge is 0.190 e. The number of hydrogen-bond donors (Lipinski definition) is 0. The second kappa shape index (κ2) is 2.55. The normalized spacial score (nSPS) is 8.89. The summed E-state index contributed by atoms with van der Waals surface area (Å²) in [6.45, 7) is 1.99. The molecule has 3 nitrogen and oxygen atoms in total. The van der Waals surface area contributed by atoms with E-state index in [0.29, 0.717) is 5.01 Å². The summed E-state index contributed by atoms with van der Waals surface area (Å²) in [6, 6.07) is 1.93. The van der Waals surface area contributed by atoms with Gasteiger partial charge in [-0.05, 0) is 6.42 Å². The molecule has 1 aromatic heterocycles. The lowest BCUT2D eigenvalue weighted by molar-refractivity contribution is 0.976. The van der Waals surface area contributed by atoms with E-state index in [9.17, 15) is 0 Å². The lowest BCUT2D eigenvalue weighted by atomic mass is 10.5. The Morgan fingerprint density at radius 3 is 2.78 bits per heavy atom. The molecule has 0 spiro atoms. The molecule has 46 valence electrons. The predicted molar refractivity (Wildman–Crippen MR) is 34.0 cm³/mol. The van der Waals surface area contributed by atoms with Gasteiger partial charge in [-0.15, -0.1) is 10.2 Å². The Labute approximate surface area is 57.0 Å². The van der Waals surface area contributed by atoms with Crippen molar-refractivity contribution in [3.05, 3.63) is 10.0 Å². The van der Waals surface area contributed by atoms with Gasteiger partial charge in [0.1, 0.15) is 11.1 Å². The number of aryl methyl sites for hydroxylation is 1. The number of rotatable bonds is 1. The summed E-state index contributed by atoms with van der Waals surface area (Å²) in [5.74, 6) is 0. The lowest BCUT2D eigenvalue weighted by Gasteiger charge is -1.75. The molecule has 0 aliphatic carbocycles. The van der Waals surface area contributed by atoms with Crippen LogP contribution in [0.25, 0.3) is 0 Å². The summed E-state index contributed by atoms with van der Waals surface area (Å²) < 4.78 is 0. The van der Waals surface area contributed by atoms with Gasteiger partial charge in [0, 0.05) is 0 Å². The second-order valence-corrected chi connectivity index (χ2v) is 2.53. The Kier molecular flexibility index (Phi) is 1.75. The third kappa shape index (κ3) is 1.24. The molecule has 0 amide bonds. The fourth-order valence-electron chi connectivity index (χ4n) is 0.442. The average molecular weight is 139 g/mol. The quantitative estimate of drug-likeness (QED) is 0.582. The van der Waals surface area contributed by atoms with Crippen molar-refractivity contribution in [1.82, 2.24) is 10.2 Å². The molecule has 0 aromatic carbocycles. The zero-order valence-electron chi connectivity index (χ0n) is 4.96. The molecule has 1 aromatic rings. The third-order valence-electron chi connectivity index (χ3n) is 0.865. The molecule has 0 bridgehead atoms. The molecule has 0 saturated heterocycles. The standard InChI is InChI=1S/C5H5N3S/c1-2-4-7-8-5(3-6)9-4/h2H2,1H3. The predicted octanol–water partition coefficient (Wildman–Crippen LogP) is 0.972. The Balaban J connectivity index is 2.90. The summed E-state index contributed by atoms with van der Waals surface area (Å²) >= 11 is 1.35. The van der Waals surface area contributed by atoms with Crippen LogP contribution < -0.4 is 0 Å². The Morgan fingerprint density at radius 1 is 1.67 bits per heavy atom. The van der Waals surface area contributed by atoms with Gasteiger partial charge in [-0.25, -0.2) is 0 Å². The van der Waals surface area contributed by atoms with Crippen LogP contribution in [0.15, 0.2) is 0 Å². The van der Waals surface area contributed by atoms with Crippen molar-refractivity contribution in [1.29, 1.82) is 5.26 Å². The summed E-state index contributed by atoms with van der Waals surface area (Å²) in [6.07, 6.45) is 0.860. The van der Waals surface area contributed by atoms with Crippen molar-refractivity contribution in [2.24, 2.45) is 0 Å². The molecule has 0 unspecified atom stereocenters. The van der Waals surface area contributed by atoms with Crippen molar-refractivity contribution in [3.8, 4) is 6.07 Å². The highest BCUT2D eigenvalue weighted by Gasteiger charge is 1.97. The molecule has 0 atom stereocenters. The van der Waals surface area contributed by atoms with Crippen LogP contribution in [0.3, 0.4) is 0 Å². The van der Waals surface area contributed by atoms with Gasteiger partial charge in [0.2, 0.25) is 5.01 Å². The highest BCUT2D eigenvalue weighted by Crippen LogP contribution is 2.07. The molecule has 0 aliphatic rings. The fourth-order valence-corrected chi connectivity index (χ4v) is 1.02. The van der Waals surface area contributed by atoms with Crippen LogP contribution in [0.5, 0.6) is 0 Å². The van der Waals surface area contributed by atoms with E-state index < -0.39 is 0 Å². The molecule has 0 N–H and O–H groups in total. The third-order valence-corrected chi connectivity index (χ3v) is 1.84. The number of nitrogens with zero attached hydrogens (tertiary/aromatic N) is 3. The van der Waals surface area contributed by atoms with Gasteiger partial charge in [-0.1, -0.05) is 18.3 Å². The van der Waals surface area contributed by atoms with Gasteiger partial charge in [0.05, 0.1) is 0 Å². The van der Waals surface area contributed by atoms with E-state index in [1.54, 1.807) is 0 Å². The van der Waals surface area contributed by atoms with Crippen molar-refractivity contribution < 1.29 is 0 Å². The summed E-state index contributed by atoms with van der Waals surface area (Å²) in [4.78, 5) is 0. The van der Waals surface area contributed by atoms with E-state index in [4.69, 9.17) is 5.26 Å². The van der Waals surface area contributed by atoms with E-state index in [-0.39, 0.29) is 0 Å². The van der Waals surface area contributed by atoms with Crippen LogP contribution in [0.2, 0.25) is 0 Å². The SMILES string of the molecule is CCc1nnc(C#N)s1. The minimum atomic E-state index is 0.451. The van der Waals surface area contributed by atoms with E-state index in [1.165, 1.54) is 11.3 Å². The van der Waals surface area contributed by atoms with Crippen LogP contribution in [0, 0.1) is 11.3 Å². The van der Waals surface area contributed by atoms with Crippen molar-refractivity contribution >= 4 is 11.3 Å². The van der Waals surface area contributed by atoms with Crippen LogP contribution in [-0.2, 0) is 6.42 Å². The van der Waals surface area contributed by atoms with Crippen molar-refractivity contribution in [2.75, 3.05) is 0 Å². The minimum absolute atomic E-state index is 0.451. The van der Waals surface area contributed by atoms with Gasteiger partial charge in [-0.3, -0.25) is 0 Å². The zero-order chi connectivity index (χ0) is 6.69. The summed E-state index contributed by atoms with van der Waals surface area (Å²) in [5, 5.41) is 17.0. The average Bonchev–Trinajstić information content (AvgIpc) is 2.34. The monoisotopic (exact) mass is 139 g/mol. The molecule has 0 radical (unpaired) electrons. The molecule has 1 rings (SSSR count). The maximum absolute atomic E-state index is 8.30. The van der Waals surface area contributed by atoms with Gasteiger partial charge in [0.25, 0.3) is 0 Å². The molecule has 4 heteroatoms. The maximum atomic E-state index is 8.30. The lowest BCUT2D eigenvalue weighted by Crippen LogP contribution is -1.75. The Hall–Kier alpha value is -0.950. The number of nitriles is 1. The van der Waals surface area contributed by atoms with E-state index in [0.717, 1.165) is 11.4 Å². The Morgan fingerprint density at radius 2 is 2.44 bits per heavy atom. The second-order valence-electron chi connectivity index (χ2n) is 1.47. The summed E-state index contributed by atoms with van der Waals surface area (Å²) in [5.41, 5.74) is 0. The first-order valence-electron chi connectivity index (χ1n) is 2.59. The fraction of sp³-hybridized carbons (Fsp3) is 0.400. The first kappa shape index (κ1) is 6.17. The number of hydrogen-bond acceptors (Lipinski definition) is 4. The van der Waals surface area contributed by atoms with Gasteiger partial charge in [-0.2, -0.15) is 5.26 Å². The van der Waals surface area contributed by atoms with Gasteiger partial charge >= 0.3 is 0 Å². The topological polar surface area (TPSA) is 49.6 Å². The van der Waals surface area contributed by atoms with Crippen LogP contribution in [0.1, 0.15) is 16.9 Å². The molecule has 9 heavy (non-hydrogen) atoms. The first-order valence-corrected chi connectivity index (χ1v) is 3.41. The molecular weight excluding hydrogens is 134 g/mol. The maximum Gasteiger partial charge on any atom is 0.217 e. The zero-order valence-corrected chi connectivity index (χ0v) is 5.77. The van der Waals surface area contributed by atoms with Gasteiger partial charge < -0.3 is 0 Å². The molecule has 1 heterocycles. The number of aromatic nitrogens is 2. The van der Waals surface area contributed by atoms with Gasteiger partial charge in [0.15, 0.2) is 0 Å². The van der Waals surface area contributed by atoms with E-state index >= 15 is 0 Å². The molecule has 0 fully saturated rings. The molecule has 0 saturated carbocycles. The molecule has 0 aliphatic heterocycles. The summed E-state index contributed by atoms with van der Waals surface area (Å²) in [7, 11) is 0. The van der Waals surface area contributed by atoms with E-state index in [1.807, 2.05) is 13.0 Å². The van der Waals surface area contributed by atoms with E-state index in [2.05, 4.69) is 10.2 Å².